The zero-order valence-corrected chi connectivity index (χ0v) is 14.7. The number of aryl methyl sites for hydroxylation is 1. The van der Waals surface area contributed by atoms with Crippen molar-refractivity contribution in [2.24, 2.45) is 0 Å². The molecule has 0 saturated heterocycles. The summed E-state index contributed by atoms with van der Waals surface area (Å²) in [5.74, 6) is 0.939. The summed E-state index contributed by atoms with van der Waals surface area (Å²) >= 11 is 6.43. The van der Waals surface area contributed by atoms with E-state index in [1.165, 1.54) is 18.5 Å². The lowest BCUT2D eigenvalue weighted by Gasteiger charge is -2.22. The lowest BCUT2D eigenvalue weighted by atomic mass is 9.98. The van der Waals surface area contributed by atoms with Crippen LogP contribution in [0.1, 0.15) is 22.9 Å². The van der Waals surface area contributed by atoms with Gasteiger partial charge in [0, 0.05) is 16.8 Å². The van der Waals surface area contributed by atoms with Gasteiger partial charge in [0.05, 0.1) is 6.04 Å². The highest BCUT2D eigenvalue weighted by Gasteiger charge is 2.19. The van der Waals surface area contributed by atoms with Crippen molar-refractivity contribution in [1.82, 2.24) is 19.6 Å². The maximum atomic E-state index is 13.4. The highest BCUT2D eigenvalue weighted by atomic mass is 35.5. The molecule has 0 spiro atoms. The van der Waals surface area contributed by atoms with Crippen molar-refractivity contribution in [3.05, 3.63) is 88.6 Å². The van der Waals surface area contributed by atoms with Gasteiger partial charge in [-0.3, -0.25) is 0 Å². The van der Waals surface area contributed by atoms with E-state index in [9.17, 15) is 4.39 Å². The number of rotatable bonds is 4. The van der Waals surface area contributed by atoms with Gasteiger partial charge < -0.3 is 5.32 Å². The molecule has 0 radical (unpaired) electrons. The van der Waals surface area contributed by atoms with Crippen LogP contribution in [0.2, 0.25) is 5.02 Å². The average Bonchev–Trinajstić information content (AvgIpc) is 3.09. The summed E-state index contributed by atoms with van der Waals surface area (Å²) in [5.41, 5.74) is 2.57. The Hall–Kier alpha value is -2.99. The van der Waals surface area contributed by atoms with Crippen LogP contribution in [0.25, 0.3) is 5.78 Å². The quantitative estimate of drug-likeness (QED) is 0.580. The van der Waals surface area contributed by atoms with Crippen LogP contribution in [0.15, 0.2) is 60.9 Å². The number of hydrogen-bond donors (Lipinski definition) is 1. The number of aromatic nitrogens is 4. The van der Waals surface area contributed by atoms with Crippen LogP contribution in [0.4, 0.5) is 10.2 Å². The number of halogens is 2. The Balaban J connectivity index is 1.84. The molecule has 2 aromatic carbocycles. The van der Waals surface area contributed by atoms with E-state index in [0.717, 1.165) is 22.6 Å². The van der Waals surface area contributed by atoms with E-state index in [2.05, 4.69) is 20.4 Å². The van der Waals surface area contributed by atoms with Gasteiger partial charge in [0.25, 0.3) is 5.78 Å². The molecular formula is C19H15ClFN5. The van der Waals surface area contributed by atoms with Crippen LogP contribution >= 0.6 is 11.6 Å². The van der Waals surface area contributed by atoms with Gasteiger partial charge in [-0.05, 0) is 36.2 Å². The molecule has 5 nitrogen and oxygen atoms in total. The molecule has 1 N–H and O–H groups in total. The van der Waals surface area contributed by atoms with Crippen molar-refractivity contribution in [3.63, 3.8) is 0 Å². The fraction of sp³-hybridized carbons (Fsp3) is 0.105. The van der Waals surface area contributed by atoms with Gasteiger partial charge in [0.1, 0.15) is 18.0 Å². The van der Waals surface area contributed by atoms with Crippen LogP contribution in [0, 0.1) is 12.7 Å². The van der Waals surface area contributed by atoms with Crippen molar-refractivity contribution in [2.75, 3.05) is 5.32 Å². The van der Waals surface area contributed by atoms with Crippen LogP contribution in [-0.4, -0.2) is 19.6 Å². The third-order valence-corrected chi connectivity index (χ3v) is 4.44. The molecule has 1 atom stereocenters. The van der Waals surface area contributed by atoms with E-state index in [1.807, 2.05) is 37.3 Å². The maximum absolute atomic E-state index is 13.4. The Morgan fingerprint density at radius 3 is 2.65 bits per heavy atom. The molecular weight excluding hydrogens is 353 g/mol. The first kappa shape index (κ1) is 16.5. The average molecular weight is 368 g/mol. The molecule has 4 rings (SSSR count). The van der Waals surface area contributed by atoms with E-state index in [1.54, 1.807) is 16.6 Å². The Bertz CT molecular complexity index is 1060. The summed E-state index contributed by atoms with van der Waals surface area (Å²) in [6, 6.07) is 15.5. The van der Waals surface area contributed by atoms with Gasteiger partial charge in [-0.2, -0.15) is 14.6 Å². The van der Waals surface area contributed by atoms with Crippen LogP contribution in [0.5, 0.6) is 0 Å². The van der Waals surface area contributed by atoms with Crippen molar-refractivity contribution < 1.29 is 4.39 Å². The summed E-state index contributed by atoms with van der Waals surface area (Å²) in [7, 11) is 0. The molecule has 2 heterocycles. The van der Waals surface area contributed by atoms with Gasteiger partial charge in [0.15, 0.2) is 0 Å². The largest absolute Gasteiger partial charge is 0.359 e. The molecule has 0 aliphatic carbocycles. The van der Waals surface area contributed by atoms with E-state index >= 15 is 0 Å². The molecule has 130 valence electrons. The van der Waals surface area contributed by atoms with Crippen molar-refractivity contribution in [2.45, 2.75) is 13.0 Å². The second-order valence-corrected chi connectivity index (χ2v) is 6.31. The first-order valence-corrected chi connectivity index (χ1v) is 8.43. The number of benzene rings is 2. The fourth-order valence-electron chi connectivity index (χ4n) is 2.89. The molecule has 0 saturated carbocycles. The van der Waals surface area contributed by atoms with E-state index in [4.69, 9.17) is 11.6 Å². The summed E-state index contributed by atoms with van der Waals surface area (Å²) in [5, 5.41) is 8.30. The summed E-state index contributed by atoms with van der Waals surface area (Å²) in [6.45, 7) is 1.89. The number of nitrogens with one attached hydrogen (secondary N) is 1. The minimum atomic E-state index is -0.293. The Morgan fingerprint density at radius 1 is 1.12 bits per heavy atom. The highest BCUT2D eigenvalue weighted by Crippen LogP contribution is 2.31. The Morgan fingerprint density at radius 2 is 1.88 bits per heavy atom. The molecule has 0 unspecified atom stereocenters. The van der Waals surface area contributed by atoms with E-state index < -0.39 is 0 Å². The second-order valence-electron chi connectivity index (χ2n) is 5.91. The number of anilines is 1. The fourth-order valence-corrected chi connectivity index (χ4v) is 3.13. The second kappa shape index (κ2) is 6.72. The van der Waals surface area contributed by atoms with Crippen molar-refractivity contribution in [1.29, 1.82) is 0 Å². The summed E-state index contributed by atoms with van der Waals surface area (Å²) in [4.78, 5) is 8.50. The zero-order chi connectivity index (χ0) is 18.1. The first-order valence-electron chi connectivity index (χ1n) is 8.05. The lowest BCUT2D eigenvalue weighted by molar-refractivity contribution is 0.626. The van der Waals surface area contributed by atoms with E-state index in [0.29, 0.717) is 10.8 Å². The Kier molecular flexibility index (Phi) is 4.26. The maximum Gasteiger partial charge on any atom is 0.254 e. The molecule has 0 amide bonds. The molecule has 0 aliphatic rings. The first-order chi connectivity index (χ1) is 12.6. The summed E-state index contributed by atoms with van der Waals surface area (Å²) < 4.78 is 15.0. The van der Waals surface area contributed by atoms with Gasteiger partial charge >= 0.3 is 0 Å². The smallest absolute Gasteiger partial charge is 0.254 e. The number of hydrogen-bond acceptors (Lipinski definition) is 4. The normalized spacial score (nSPS) is 12.3. The van der Waals surface area contributed by atoms with Gasteiger partial charge in [0.2, 0.25) is 0 Å². The van der Waals surface area contributed by atoms with Crippen molar-refractivity contribution in [3.8, 4) is 0 Å². The molecule has 0 bridgehead atoms. The third kappa shape index (κ3) is 3.11. The monoisotopic (exact) mass is 367 g/mol. The SMILES string of the molecule is Cc1cc(N[C@H](c2ccc(F)cc2)c2ccccc2Cl)n2ncnc2n1. The van der Waals surface area contributed by atoms with Crippen molar-refractivity contribution >= 4 is 23.2 Å². The topological polar surface area (TPSA) is 55.1 Å². The standard InChI is InChI=1S/C19H15ClFN5/c1-12-10-17(26-19(24-12)22-11-23-26)25-18(13-6-8-14(21)9-7-13)15-4-2-3-5-16(15)20/h2-11,18,25H,1H3/t18-/m1/s1. The predicted octanol–water partition coefficient (Wildman–Crippen LogP) is 4.43. The van der Waals surface area contributed by atoms with Crippen LogP contribution < -0.4 is 5.32 Å². The molecule has 0 fully saturated rings. The van der Waals surface area contributed by atoms with Crippen LogP contribution in [0.3, 0.4) is 0 Å². The molecule has 4 aromatic rings. The van der Waals surface area contributed by atoms with Gasteiger partial charge in [-0.1, -0.05) is 41.9 Å². The minimum Gasteiger partial charge on any atom is -0.359 e. The third-order valence-electron chi connectivity index (χ3n) is 4.09. The van der Waals surface area contributed by atoms with Gasteiger partial charge in [-0.25, -0.2) is 9.37 Å². The molecule has 7 heteroatoms. The predicted molar refractivity (Wildman–Crippen MR) is 98.8 cm³/mol. The highest BCUT2D eigenvalue weighted by molar-refractivity contribution is 6.31. The number of nitrogens with zero attached hydrogens (tertiary/aromatic N) is 4. The molecule has 2 aromatic heterocycles. The molecule has 0 aliphatic heterocycles. The molecule has 26 heavy (non-hydrogen) atoms. The summed E-state index contributed by atoms with van der Waals surface area (Å²) in [6.07, 6.45) is 1.45. The van der Waals surface area contributed by atoms with Crippen LogP contribution in [-0.2, 0) is 0 Å². The van der Waals surface area contributed by atoms with E-state index in [-0.39, 0.29) is 11.9 Å². The lowest BCUT2D eigenvalue weighted by Crippen LogP contribution is -2.16. The minimum absolute atomic E-state index is 0.287. The number of fused-ring (bicyclic) bond motifs is 1. The van der Waals surface area contributed by atoms with Gasteiger partial charge in [-0.15, -0.1) is 0 Å². The Labute approximate surface area is 154 Å². The zero-order valence-electron chi connectivity index (χ0n) is 13.9.